The van der Waals surface area contributed by atoms with E-state index in [0.717, 1.165) is 0 Å². The van der Waals surface area contributed by atoms with Crippen LogP contribution >= 0.6 is 35.0 Å². The molecule has 2 unspecified atom stereocenters. The van der Waals surface area contributed by atoms with Crippen molar-refractivity contribution in [3.63, 3.8) is 0 Å². The fourth-order valence-corrected chi connectivity index (χ4v) is 6.66. The second kappa shape index (κ2) is 8.62. The maximum Gasteiger partial charge on any atom is 0.244 e. The third-order valence-electron chi connectivity index (χ3n) is 4.33. The summed E-state index contributed by atoms with van der Waals surface area (Å²) in [6.45, 7) is 4.63. The first-order valence-corrected chi connectivity index (χ1v) is 11.6. The minimum atomic E-state index is -3.79. The van der Waals surface area contributed by atoms with E-state index in [1.54, 1.807) is 30.3 Å². The molecule has 0 aliphatic carbocycles. The van der Waals surface area contributed by atoms with Gasteiger partial charge in [0.2, 0.25) is 10.0 Å². The molecule has 1 fully saturated rings. The molecule has 0 saturated carbocycles. The molecule has 1 aliphatic heterocycles. The van der Waals surface area contributed by atoms with E-state index < -0.39 is 10.0 Å². The molecule has 148 valence electrons. The van der Waals surface area contributed by atoms with Crippen molar-refractivity contribution < 1.29 is 8.42 Å². The number of nitrogens with zero attached hydrogens (tertiary/aromatic N) is 2. The van der Waals surface area contributed by atoms with E-state index in [1.807, 2.05) is 19.9 Å². The second-order valence-corrected chi connectivity index (χ2v) is 10.6. The molecule has 0 radical (unpaired) electrons. The maximum atomic E-state index is 13.4. The lowest BCUT2D eigenvalue weighted by Crippen LogP contribution is -2.55. The van der Waals surface area contributed by atoms with Crippen LogP contribution in [0.4, 0.5) is 0 Å². The highest BCUT2D eigenvalue weighted by molar-refractivity contribution is 8.00. The first-order valence-electron chi connectivity index (χ1n) is 8.64. The number of halogens is 2. The number of rotatable bonds is 4. The monoisotopic (exact) mass is 455 g/mol. The van der Waals surface area contributed by atoms with Crippen LogP contribution in [0.1, 0.15) is 19.4 Å². The van der Waals surface area contributed by atoms with Gasteiger partial charge in [0.1, 0.15) is 0 Å². The zero-order valence-corrected chi connectivity index (χ0v) is 18.5. The van der Waals surface area contributed by atoms with Crippen LogP contribution in [-0.4, -0.2) is 37.9 Å². The standard InChI is InChI=1S/C19H19Cl2N3O2S2/c1-12-10-24(11-13(2)23-12)28(25,26)19-7-14(9-22)3-6-17(19)27-18-8-15(20)4-5-16(18)21/h3-8,12-13,23H,10-11H2,1-2H3. The molecular weight excluding hydrogens is 437 g/mol. The van der Waals surface area contributed by atoms with E-state index in [0.29, 0.717) is 32.9 Å². The van der Waals surface area contributed by atoms with Gasteiger partial charge in [0.15, 0.2) is 0 Å². The van der Waals surface area contributed by atoms with Crippen molar-refractivity contribution >= 4 is 45.0 Å². The van der Waals surface area contributed by atoms with Crippen molar-refractivity contribution in [2.75, 3.05) is 13.1 Å². The Morgan fingerprint density at radius 2 is 1.79 bits per heavy atom. The molecule has 0 amide bonds. The average molecular weight is 456 g/mol. The SMILES string of the molecule is CC1CN(S(=O)(=O)c2cc(C#N)ccc2Sc2cc(Cl)ccc2Cl)CC(C)N1. The van der Waals surface area contributed by atoms with Gasteiger partial charge in [0, 0.05) is 40.0 Å². The number of hydrogen-bond donors (Lipinski definition) is 1. The molecule has 5 nitrogen and oxygen atoms in total. The Balaban J connectivity index is 2.06. The topological polar surface area (TPSA) is 73.2 Å². The van der Waals surface area contributed by atoms with Crippen LogP contribution in [0.15, 0.2) is 51.1 Å². The van der Waals surface area contributed by atoms with E-state index in [4.69, 9.17) is 23.2 Å². The van der Waals surface area contributed by atoms with E-state index in [9.17, 15) is 13.7 Å². The molecule has 28 heavy (non-hydrogen) atoms. The van der Waals surface area contributed by atoms with E-state index >= 15 is 0 Å². The highest BCUT2D eigenvalue weighted by Gasteiger charge is 2.33. The number of hydrogen-bond acceptors (Lipinski definition) is 5. The lowest BCUT2D eigenvalue weighted by atomic mass is 10.2. The Bertz CT molecular complexity index is 1030. The van der Waals surface area contributed by atoms with Gasteiger partial charge in [-0.3, -0.25) is 0 Å². The van der Waals surface area contributed by atoms with Crippen LogP contribution in [0.5, 0.6) is 0 Å². The fraction of sp³-hybridized carbons (Fsp3) is 0.316. The van der Waals surface area contributed by atoms with Gasteiger partial charge in [-0.2, -0.15) is 9.57 Å². The summed E-state index contributed by atoms with van der Waals surface area (Å²) in [4.78, 5) is 1.26. The summed E-state index contributed by atoms with van der Waals surface area (Å²) >= 11 is 13.5. The van der Waals surface area contributed by atoms with Crippen molar-refractivity contribution in [2.24, 2.45) is 0 Å². The minimum Gasteiger partial charge on any atom is -0.309 e. The largest absolute Gasteiger partial charge is 0.309 e. The lowest BCUT2D eigenvalue weighted by molar-refractivity contribution is 0.262. The van der Waals surface area contributed by atoms with Crippen LogP contribution in [0.2, 0.25) is 10.0 Å². The molecule has 2 atom stereocenters. The summed E-state index contributed by atoms with van der Waals surface area (Å²) in [6.07, 6.45) is 0. The molecule has 1 heterocycles. The van der Waals surface area contributed by atoms with E-state index in [2.05, 4.69) is 5.32 Å². The average Bonchev–Trinajstić information content (AvgIpc) is 2.64. The second-order valence-electron chi connectivity index (χ2n) is 6.74. The number of piperazine rings is 1. The van der Waals surface area contributed by atoms with Crippen LogP contribution in [0, 0.1) is 11.3 Å². The normalized spacial score (nSPS) is 20.7. The molecule has 1 saturated heterocycles. The predicted octanol–water partition coefficient (Wildman–Crippen LogP) is 4.39. The molecule has 2 aromatic carbocycles. The molecular formula is C19H19Cl2N3O2S2. The Morgan fingerprint density at radius 1 is 1.11 bits per heavy atom. The molecule has 0 bridgehead atoms. The summed E-state index contributed by atoms with van der Waals surface area (Å²) < 4.78 is 28.3. The number of benzene rings is 2. The smallest absolute Gasteiger partial charge is 0.244 e. The molecule has 0 spiro atoms. The van der Waals surface area contributed by atoms with Crippen molar-refractivity contribution in [3.8, 4) is 6.07 Å². The number of nitriles is 1. The zero-order valence-electron chi connectivity index (χ0n) is 15.3. The highest BCUT2D eigenvalue weighted by atomic mass is 35.5. The predicted molar refractivity (Wildman–Crippen MR) is 113 cm³/mol. The van der Waals surface area contributed by atoms with Gasteiger partial charge >= 0.3 is 0 Å². The lowest BCUT2D eigenvalue weighted by Gasteiger charge is -2.35. The quantitative estimate of drug-likeness (QED) is 0.739. The van der Waals surface area contributed by atoms with E-state index in [1.165, 1.54) is 22.1 Å². The third kappa shape index (κ3) is 4.65. The Labute approximate surface area is 179 Å². The van der Waals surface area contributed by atoms with Gasteiger partial charge in [-0.1, -0.05) is 35.0 Å². The highest BCUT2D eigenvalue weighted by Crippen LogP contribution is 2.39. The molecule has 1 aliphatic rings. The molecule has 9 heteroatoms. The van der Waals surface area contributed by atoms with Crippen LogP contribution in [0.25, 0.3) is 0 Å². The number of nitrogens with one attached hydrogen (secondary N) is 1. The Kier molecular flexibility index (Phi) is 6.60. The minimum absolute atomic E-state index is 0.0381. The first-order chi connectivity index (χ1) is 13.2. The maximum absolute atomic E-state index is 13.4. The van der Waals surface area contributed by atoms with Crippen LogP contribution in [-0.2, 0) is 10.0 Å². The molecule has 0 aromatic heterocycles. The van der Waals surface area contributed by atoms with Crippen LogP contribution < -0.4 is 5.32 Å². The Hall–Kier alpha value is -1.27. The summed E-state index contributed by atoms with van der Waals surface area (Å²) in [5, 5.41) is 13.6. The summed E-state index contributed by atoms with van der Waals surface area (Å²) in [5.41, 5.74) is 0.288. The van der Waals surface area contributed by atoms with Gasteiger partial charge in [0.05, 0.1) is 21.6 Å². The fourth-order valence-electron chi connectivity index (χ4n) is 3.15. The van der Waals surface area contributed by atoms with Crippen molar-refractivity contribution in [3.05, 3.63) is 52.0 Å². The first kappa shape index (κ1) is 21.4. The van der Waals surface area contributed by atoms with Gasteiger partial charge in [-0.25, -0.2) is 8.42 Å². The van der Waals surface area contributed by atoms with Gasteiger partial charge < -0.3 is 5.32 Å². The molecule has 2 aromatic rings. The number of sulfonamides is 1. The van der Waals surface area contributed by atoms with Gasteiger partial charge in [0.25, 0.3) is 0 Å². The summed E-state index contributed by atoms with van der Waals surface area (Å²) in [5.74, 6) is 0. The van der Waals surface area contributed by atoms with Gasteiger partial charge in [-0.15, -0.1) is 0 Å². The van der Waals surface area contributed by atoms with Crippen LogP contribution in [0.3, 0.4) is 0 Å². The molecule has 1 N–H and O–H groups in total. The summed E-state index contributed by atoms with van der Waals surface area (Å²) in [7, 11) is -3.79. The Morgan fingerprint density at radius 3 is 2.43 bits per heavy atom. The van der Waals surface area contributed by atoms with Crippen molar-refractivity contribution in [1.29, 1.82) is 5.26 Å². The van der Waals surface area contributed by atoms with E-state index in [-0.39, 0.29) is 22.5 Å². The van der Waals surface area contributed by atoms with Gasteiger partial charge in [-0.05, 0) is 50.2 Å². The zero-order chi connectivity index (χ0) is 20.5. The summed E-state index contributed by atoms with van der Waals surface area (Å²) in [6, 6.07) is 11.8. The van der Waals surface area contributed by atoms with Crippen molar-refractivity contribution in [2.45, 2.75) is 40.6 Å². The third-order valence-corrected chi connectivity index (χ3v) is 8.14. The van der Waals surface area contributed by atoms with Crippen molar-refractivity contribution in [1.82, 2.24) is 9.62 Å². The molecule has 3 rings (SSSR count).